The quantitative estimate of drug-likeness (QED) is 0.161. The van der Waals surface area contributed by atoms with Crippen molar-refractivity contribution in [3.05, 3.63) is 258 Å². The van der Waals surface area contributed by atoms with E-state index < -0.39 is 5.41 Å². The van der Waals surface area contributed by atoms with Gasteiger partial charge < -0.3 is 0 Å². The maximum absolute atomic E-state index is 5.09. The standard InChI is InChI=1S/C61H43N3/c1-60(2)50-31-17-15-28-48(50)55-46(30-19-33-52(55)60)47-38-39-53-56(49-29-16-18-32-51(49)61(53,44-24-11-5-12-25-44)45-26-13-6-14-27-45)54(47)40-34-36-43(37-35-40)59-63-57(41-20-7-3-8-21-41)62-58(64-59)42-22-9-4-10-23-42/h3-39H,1-2H3. The molecule has 302 valence electrons. The third-order valence-corrected chi connectivity index (χ3v) is 13.7. The highest BCUT2D eigenvalue weighted by molar-refractivity contribution is 6.05. The van der Waals surface area contributed by atoms with Gasteiger partial charge in [-0.25, -0.2) is 15.0 Å². The predicted octanol–water partition coefficient (Wildman–Crippen LogP) is 14.9. The van der Waals surface area contributed by atoms with Gasteiger partial charge in [-0.1, -0.05) is 238 Å². The van der Waals surface area contributed by atoms with Crippen LogP contribution in [0.1, 0.15) is 47.2 Å². The van der Waals surface area contributed by atoms with E-state index in [0.29, 0.717) is 17.5 Å². The second kappa shape index (κ2) is 14.8. The lowest BCUT2D eigenvalue weighted by Gasteiger charge is -2.34. The summed E-state index contributed by atoms with van der Waals surface area (Å²) in [6, 6.07) is 81.2. The molecule has 0 fully saturated rings. The first-order valence-electron chi connectivity index (χ1n) is 22.1. The van der Waals surface area contributed by atoms with Gasteiger partial charge in [0.25, 0.3) is 0 Å². The molecule has 3 heteroatoms. The molecule has 0 saturated heterocycles. The van der Waals surface area contributed by atoms with Gasteiger partial charge >= 0.3 is 0 Å². The highest BCUT2D eigenvalue weighted by Crippen LogP contribution is 2.61. The van der Waals surface area contributed by atoms with Crippen molar-refractivity contribution in [2.24, 2.45) is 0 Å². The van der Waals surface area contributed by atoms with Crippen LogP contribution in [0.5, 0.6) is 0 Å². The van der Waals surface area contributed by atoms with E-state index in [9.17, 15) is 0 Å². The van der Waals surface area contributed by atoms with Crippen LogP contribution in [0.4, 0.5) is 0 Å². The number of nitrogens with zero attached hydrogens (tertiary/aromatic N) is 3. The summed E-state index contributed by atoms with van der Waals surface area (Å²) in [5.41, 5.74) is 19.8. The normalized spacial score (nSPS) is 13.7. The van der Waals surface area contributed by atoms with Crippen molar-refractivity contribution < 1.29 is 0 Å². The van der Waals surface area contributed by atoms with Gasteiger partial charge in [-0.3, -0.25) is 0 Å². The van der Waals surface area contributed by atoms with Gasteiger partial charge in [0.2, 0.25) is 0 Å². The highest BCUT2D eigenvalue weighted by atomic mass is 15.0. The average molecular weight is 818 g/mol. The van der Waals surface area contributed by atoms with E-state index in [2.05, 4.69) is 202 Å². The molecule has 0 unspecified atom stereocenters. The Morgan fingerprint density at radius 3 is 1.23 bits per heavy atom. The first-order valence-corrected chi connectivity index (χ1v) is 22.1. The summed E-state index contributed by atoms with van der Waals surface area (Å²) >= 11 is 0. The molecule has 0 N–H and O–H groups in total. The molecule has 10 aromatic rings. The van der Waals surface area contributed by atoms with Crippen molar-refractivity contribution >= 4 is 0 Å². The highest BCUT2D eigenvalue weighted by Gasteiger charge is 2.47. The van der Waals surface area contributed by atoms with Crippen LogP contribution in [0.25, 0.3) is 78.7 Å². The summed E-state index contributed by atoms with van der Waals surface area (Å²) in [4.78, 5) is 15.2. The molecule has 2 aliphatic carbocycles. The zero-order valence-corrected chi connectivity index (χ0v) is 35.7. The lowest BCUT2D eigenvalue weighted by Crippen LogP contribution is -2.28. The molecule has 0 saturated carbocycles. The summed E-state index contributed by atoms with van der Waals surface area (Å²) in [5, 5.41) is 0. The Morgan fingerprint density at radius 1 is 0.266 bits per heavy atom. The van der Waals surface area contributed by atoms with Crippen molar-refractivity contribution in [2.45, 2.75) is 24.7 Å². The molecule has 12 rings (SSSR count). The molecule has 0 bridgehead atoms. The fourth-order valence-corrected chi connectivity index (χ4v) is 10.8. The van der Waals surface area contributed by atoms with E-state index in [4.69, 9.17) is 15.0 Å². The molecule has 3 nitrogen and oxygen atoms in total. The van der Waals surface area contributed by atoms with Crippen LogP contribution in [-0.4, -0.2) is 15.0 Å². The SMILES string of the molecule is CC1(C)c2ccccc2-c2c(-c3ccc4c(c3-c3ccc(-c5nc(-c6ccccc6)nc(-c6ccccc6)n5)cc3)-c3ccccc3C4(c3ccccc3)c3ccccc3)cccc21. The number of rotatable bonds is 7. The zero-order valence-electron chi connectivity index (χ0n) is 35.7. The molecule has 0 radical (unpaired) electrons. The van der Waals surface area contributed by atoms with Gasteiger partial charge in [0.1, 0.15) is 0 Å². The van der Waals surface area contributed by atoms with Crippen LogP contribution in [-0.2, 0) is 10.8 Å². The van der Waals surface area contributed by atoms with E-state index >= 15 is 0 Å². The fraction of sp³-hybridized carbons (Fsp3) is 0.0656. The molecule has 2 aliphatic rings. The van der Waals surface area contributed by atoms with E-state index in [1.165, 1.54) is 72.3 Å². The van der Waals surface area contributed by atoms with E-state index in [-0.39, 0.29) is 5.41 Å². The maximum Gasteiger partial charge on any atom is 0.164 e. The summed E-state index contributed by atoms with van der Waals surface area (Å²) in [6.45, 7) is 4.73. The monoisotopic (exact) mass is 817 g/mol. The van der Waals surface area contributed by atoms with E-state index in [0.717, 1.165) is 22.3 Å². The molecule has 1 aromatic heterocycles. The Kier molecular flexibility index (Phi) is 8.74. The van der Waals surface area contributed by atoms with Crippen molar-refractivity contribution in [2.75, 3.05) is 0 Å². The molecule has 1 heterocycles. The Morgan fingerprint density at radius 2 is 0.672 bits per heavy atom. The minimum atomic E-state index is -0.540. The van der Waals surface area contributed by atoms with Crippen molar-refractivity contribution in [1.29, 1.82) is 0 Å². The largest absolute Gasteiger partial charge is 0.208 e. The van der Waals surface area contributed by atoms with Crippen LogP contribution in [0.15, 0.2) is 224 Å². The molecule has 9 aromatic carbocycles. The van der Waals surface area contributed by atoms with Gasteiger partial charge in [0.15, 0.2) is 17.5 Å². The van der Waals surface area contributed by atoms with Crippen LogP contribution >= 0.6 is 0 Å². The summed E-state index contributed by atoms with van der Waals surface area (Å²) in [6.07, 6.45) is 0. The average Bonchev–Trinajstić information content (AvgIpc) is 3.80. The fourth-order valence-electron chi connectivity index (χ4n) is 10.8. The topological polar surface area (TPSA) is 38.7 Å². The number of fused-ring (bicyclic) bond motifs is 6. The molecule has 64 heavy (non-hydrogen) atoms. The summed E-state index contributed by atoms with van der Waals surface area (Å²) < 4.78 is 0. The predicted molar refractivity (Wildman–Crippen MR) is 262 cm³/mol. The van der Waals surface area contributed by atoms with Gasteiger partial charge in [-0.2, -0.15) is 0 Å². The van der Waals surface area contributed by atoms with Gasteiger partial charge in [-0.05, 0) is 77.9 Å². The van der Waals surface area contributed by atoms with Crippen LogP contribution in [0, 0.1) is 0 Å². The molecular weight excluding hydrogens is 775 g/mol. The van der Waals surface area contributed by atoms with Crippen LogP contribution < -0.4 is 0 Å². The van der Waals surface area contributed by atoms with Gasteiger partial charge in [0.05, 0.1) is 5.41 Å². The summed E-state index contributed by atoms with van der Waals surface area (Å²) in [5.74, 6) is 1.93. The molecular formula is C61H43N3. The minimum Gasteiger partial charge on any atom is -0.208 e. The molecule has 0 amide bonds. The molecule has 0 aliphatic heterocycles. The van der Waals surface area contributed by atoms with Gasteiger partial charge in [0, 0.05) is 22.1 Å². The van der Waals surface area contributed by atoms with Gasteiger partial charge in [-0.15, -0.1) is 0 Å². The maximum atomic E-state index is 5.09. The lowest BCUT2D eigenvalue weighted by atomic mass is 9.67. The Balaban J connectivity index is 1.13. The van der Waals surface area contributed by atoms with Crippen LogP contribution in [0.2, 0.25) is 0 Å². The third kappa shape index (κ3) is 5.71. The first-order chi connectivity index (χ1) is 31.5. The number of hydrogen-bond donors (Lipinski definition) is 0. The number of hydrogen-bond acceptors (Lipinski definition) is 3. The number of benzene rings is 9. The third-order valence-electron chi connectivity index (χ3n) is 13.7. The molecule has 0 spiro atoms. The van der Waals surface area contributed by atoms with Crippen molar-refractivity contribution in [3.63, 3.8) is 0 Å². The summed E-state index contributed by atoms with van der Waals surface area (Å²) in [7, 11) is 0. The zero-order chi connectivity index (χ0) is 42.8. The van der Waals surface area contributed by atoms with Crippen LogP contribution in [0.3, 0.4) is 0 Å². The Bertz CT molecular complexity index is 3280. The second-order valence-electron chi connectivity index (χ2n) is 17.5. The first kappa shape index (κ1) is 37.7. The minimum absolute atomic E-state index is 0.134. The lowest BCUT2D eigenvalue weighted by molar-refractivity contribution is 0.660. The Labute approximate surface area is 374 Å². The van der Waals surface area contributed by atoms with Crippen molar-refractivity contribution in [3.8, 4) is 78.7 Å². The number of aromatic nitrogens is 3. The second-order valence-corrected chi connectivity index (χ2v) is 17.5. The van der Waals surface area contributed by atoms with E-state index in [1.807, 2.05) is 36.4 Å². The van der Waals surface area contributed by atoms with Crippen molar-refractivity contribution in [1.82, 2.24) is 15.0 Å². The molecule has 0 atom stereocenters. The Hall–Kier alpha value is -8.01. The smallest absolute Gasteiger partial charge is 0.164 e. The van der Waals surface area contributed by atoms with E-state index in [1.54, 1.807) is 0 Å².